The average molecular weight is 443 g/mol. The third kappa shape index (κ3) is 5.43. The molecule has 0 spiro atoms. The van der Waals surface area contributed by atoms with Crippen LogP contribution in [0, 0.1) is 0 Å². The minimum atomic E-state index is -2.84. The Morgan fingerprint density at radius 3 is 2.56 bits per heavy atom. The second kappa shape index (κ2) is 9.65. The van der Waals surface area contributed by atoms with Gasteiger partial charge in [0.1, 0.15) is 5.65 Å². The van der Waals surface area contributed by atoms with Gasteiger partial charge in [0.25, 0.3) is 5.92 Å². The highest BCUT2D eigenvalue weighted by molar-refractivity contribution is 5.74. The molecule has 0 bridgehead atoms. The van der Waals surface area contributed by atoms with E-state index in [1.54, 1.807) is 24.3 Å². The number of fused-ring (bicyclic) bond motifs is 1. The molecule has 0 amide bonds. The van der Waals surface area contributed by atoms with E-state index in [2.05, 4.69) is 19.8 Å². The summed E-state index contributed by atoms with van der Waals surface area (Å²) in [5.74, 6) is -2.34. The van der Waals surface area contributed by atoms with E-state index < -0.39 is 5.92 Å². The van der Waals surface area contributed by atoms with Crippen LogP contribution in [0.3, 0.4) is 0 Å². The molecule has 32 heavy (non-hydrogen) atoms. The van der Waals surface area contributed by atoms with E-state index in [0.717, 1.165) is 57.9 Å². The van der Waals surface area contributed by atoms with Gasteiger partial charge in [-0.1, -0.05) is 18.2 Å². The van der Waals surface area contributed by atoms with Crippen LogP contribution in [-0.4, -0.2) is 54.2 Å². The van der Waals surface area contributed by atoms with Crippen LogP contribution in [0.1, 0.15) is 25.3 Å². The SMILES string of the molecule is CC(F)(F)c1ccccc1N1CCN(CCCCOc2ccc3ccc(=O)[nH]c3n2)CC1. The second-order valence-electron chi connectivity index (χ2n) is 8.20. The van der Waals surface area contributed by atoms with Crippen molar-refractivity contribution < 1.29 is 13.5 Å². The van der Waals surface area contributed by atoms with Gasteiger partial charge in [0.05, 0.1) is 6.61 Å². The molecule has 1 fully saturated rings. The molecule has 170 valence electrons. The van der Waals surface area contributed by atoms with Crippen molar-refractivity contribution in [3.8, 4) is 5.88 Å². The lowest BCUT2D eigenvalue weighted by molar-refractivity contribution is 0.0178. The quantitative estimate of drug-likeness (QED) is 0.534. The number of ether oxygens (including phenoxy) is 1. The zero-order chi connectivity index (χ0) is 22.6. The number of benzene rings is 1. The number of para-hydroxylation sites is 1. The lowest BCUT2D eigenvalue weighted by Gasteiger charge is -2.37. The van der Waals surface area contributed by atoms with Gasteiger partial charge in [-0.15, -0.1) is 0 Å². The summed E-state index contributed by atoms with van der Waals surface area (Å²) in [6, 6.07) is 13.7. The number of hydrogen-bond donors (Lipinski definition) is 1. The molecular formula is C24H28F2N4O2. The van der Waals surface area contributed by atoms with Gasteiger partial charge in [-0.25, -0.2) is 8.78 Å². The molecule has 1 N–H and O–H groups in total. The minimum Gasteiger partial charge on any atom is -0.478 e. The van der Waals surface area contributed by atoms with Crippen molar-refractivity contribution in [2.45, 2.75) is 25.7 Å². The first-order chi connectivity index (χ1) is 15.4. The zero-order valence-corrected chi connectivity index (χ0v) is 18.2. The number of hydrogen-bond acceptors (Lipinski definition) is 5. The van der Waals surface area contributed by atoms with E-state index in [1.807, 2.05) is 12.1 Å². The van der Waals surface area contributed by atoms with E-state index in [0.29, 0.717) is 23.8 Å². The van der Waals surface area contributed by atoms with Crippen molar-refractivity contribution >= 4 is 16.7 Å². The Balaban J connectivity index is 1.20. The number of piperazine rings is 1. The summed E-state index contributed by atoms with van der Waals surface area (Å²) in [5, 5.41) is 0.862. The number of halogens is 2. The number of nitrogens with one attached hydrogen (secondary N) is 1. The van der Waals surface area contributed by atoms with Gasteiger partial charge < -0.3 is 14.6 Å². The topological polar surface area (TPSA) is 61.5 Å². The van der Waals surface area contributed by atoms with E-state index in [4.69, 9.17) is 4.74 Å². The third-order valence-corrected chi connectivity index (χ3v) is 5.77. The molecule has 0 aliphatic carbocycles. The van der Waals surface area contributed by atoms with Gasteiger partial charge in [-0.2, -0.15) is 4.98 Å². The predicted molar refractivity (Wildman–Crippen MR) is 122 cm³/mol. The normalized spacial score (nSPS) is 15.3. The van der Waals surface area contributed by atoms with Crippen molar-refractivity contribution in [1.29, 1.82) is 0 Å². The van der Waals surface area contributed by atoms with E-state index in [9.17, 15) is 13.6 Å². The molecule has 0 unspecified atom stereocenters. The van der Waals surface area contributed by atoms with Crippen molar-refractivity contribution in [1.82, 2.24) is 14.9 Å². The number of anilines is 1. The van der Waals surface area contributed by atoms with Crippen molar-refractivity contribution in [2.24, 2.45) is 0 Å². The molecular weight excluding hydrogens is 414 g/mol. The Labute approximate surface area is 185 Å². The zero-order valence-electron chi connectivity index (χ0n) is 18.2. The molecule has 2 aromatic heterocycles. The lowest BCUT2D eigenvalue weighted by atomic mass is 10.1. The summed E-state index contributed by atoms with van der Waals surface area (Å²) in [6.07, 6.45) is 1.87. The van der Waals surface area contributed by atoms with Gasteiger partial charge in [0.15, 0.2) is 0 Å². The molecule has 3 heterocycles. The summed E-state index contributed by atoms with van der Waals surface area (Å²) in [7, 11) is 0. The number of aromatic amines is 1. The summed E-state index contributed by atoms with van der Waals surface area (Å²) in [6.45, 7) is 5.63. The highest BCUT2D eigenvalue weighted by atomic mass is 19.3. The van der Waals surface area contributed by atoms with Crippen LogP contribution >= 0.6 is 0 Å². The first kappa shape index (κ1) is 22.2. The van der Waals surface area contributed by atoms with Crippen molar-refractivity contribution in [3.05, 3.63) is 64.4 Å². The van der Waals surface area contributed by atoms with Crippen LogP contribution in [-0.2, 0) is 5.92 Å². The van der Waals surface area contributed by atoms with Crippen LogP contribution in [0.5, 0.6) is 5.88 Å². The first-order valence-electron chi connectivity index (χ1n) is 11.0. The standard InChI is InChI=1S/C24H28F2N4O2/c1-24(25,26)19-6-2-3-7-20(19)30-15-13-29(14-16-30)12-4-5-17-32-22-11-9-18-8-10-21(31)27-23(18)28-22/h2-3,6-11H,4-5,12-17H2,1H3,(H,27,28,31). The Morgan fingerprint density at radius 1 is 1.03 bits per heavy atom. The molecule has 0 atom stereocenters. The number of H-pyrrole nitrogens is 1. The Morgan fingerprint density at radius 2 is 1.78 bits per heavy atom. The second-order valence-corrected chi connectivity index (χ2v) is 8.20. The van der Waals surface area contributed by atoms with Crippen LogP contribution in [0.2, 0.25) is 0 Å². The van der Waals surface area contributed by atoms with Crippen molar-refractivity contribution in [2.75, 3.05) is 44.2 Å². The third-order valence-electron chi connectivity index (χ3n) is 5.77. The molecule has 0 radical (unpaired) electrons. The number of rotatable bonds is 8. The molecule has 1 aliphatic heterocycles. The molecule has 1 aliphatic rings. The maximum Gasteiger partial charge on any atom is 0.272 e. The Hall–Kier alpha value is -3.00. The van der Waals surface area contributed by atoms with E-state index in [-0.39, 0.29) is 11.1 Å². The number of nitrogens with zero attached hydrogens (tertiary/aromatic N) is 3. The summed E-state index contributed by atoms with van der Waals surface area (Å²) in [4.78, 5) is 22.9. The smallest absolute Gasteiger partial charge is 0.272 e. The average Bonchev–Trinajstić information content (AvgIpc) is 2.78. The fraction of sp³-hybridized carbons (Fsp3) is 0.417. The fourth-order valence-corrected chi connectivity index (χ4v) is 4.04. The molecule has 1 aromatic carbocycles. The van der Waals surface area contributed by atoms with Gasteiger partial charge in [0.2, 0.25) is 11.4 Å². The van der Waals surface area contributed by atoms with Gasteiger partial charge in [-0.3, -0.25) is 9.69 Å². The molecule has 8 heteroatoms. The Kier molecular flexibility index (Phi) is 6.69. The monoisotopic (exact) mass is 442 g/mol. The summed E-state index contributed by atoms with van der Waals surface area (Å²) >= 11 is 0. The van der Waals surface area contributed by atoms with Crippen LogP contribution in [0.25, 0.3) is 11.0 Å². The maximum absolute atomic E-state index is 13.9. The molecule has 1 saturated heterocycles. The van der Waals surface area contributed by atoms with Crippen LogP contribution in [0.15, 0.2) is 53.3 Å². The highest BCUT2D eigenvalue weighted by Crippen LogP contribution is 2.35. The molecule has 3 aromatic rings. The summed E-state index contributed by atoms with van der Waals surface area (Å²) in [5.41, 5.74) is 1.07. The van der Waals surface area contributed by atoms with E-state index >= 15 is 0 Å². The number of unbranched alkanes of at least 4 members (excludes halogenated alkanes) is 1. The van der Waals surface area contributed by atoms with Gasteiger partial charge in [0, 0.05) is 61.9 Å². The van der Waals surface area contributed by atoms with E-state index in [1.165, 1.54) is 12.1 Å². The highest BCUT2D eigenvalue weighted by Gasteiger charge is 2.30. The number of pyridine rings is 2. The van der Waals surface area contributed by atoms with Crippen LogP contribution < -0.4 is 15.2 Å². The molecule has 6 nitrogen and oxygen atoms in total. The number of alkyl halides is 2. The largest absolute Gasteiger partial charge is 0.478 e. The van der Waals surface area contributed by atoms with Gasteiger partial charge >= 0.3 is 0 Å². The maximum atomic E-state index is 13.9. The van der Waals surface area contributed by atoms with Crippen LogP contribution in [0.4, 0.5) is 14.5 Å². The van der Waals surface area contributed by atoms with Crippen molar-refractivity contribution in [3.63, 3.8) is 0 Å². The minimum absolute atomic E-state index is 0.0944. The Bertz CT molecular complexity index is 1100. The lowest BCUT2D eigenvalue weighted by Crippen LogP contribution is -2.47. The molecule has 0 saturated carbocycles. The predicted octanol–water partition coefficient (Wildman–Crippen LogP) is 4.02. The van der Waals surface area contributed by atoms with Gasteiger partial charge in [-0.05, 0) is 37.6 Å². The molecule has 4 rings (SSSR count). The summed E-state index contributed by atoms with van der Waals surface area (Å²) < 4.78 is 33.6. The first-order valence-corrected chi connectivity index (χ1v) is 11.0. The number of aromatic nitrogens is 2. The fourth-order valence-electron chi connectivity index (χ4n) is 4.04.